The first kappa shape index (κ1) is 109. The van der Waals surface area contributed by atoms with Crippen LogP contribution in [0, 0.1) is 0 Å². The average molecular weight is 1510 g/mol. The van der Waals surface area contributed by atoms with Gasteiger partial charge in [0.1, 0.15) is 0 Å². The van der Waals surface area contributed by atoms with Crippen molar-refractivity contribution < 1.29 is 112 Å². The maximum absolute atomic E-state index is 11.4. The van der Waals surface area contributed by atoms with Crippen LogP contribution in [0.15, 0.2) is 30.3 Å². The molecule has 4 N–H and O–H groups in total. The zero-order valence-electron chi connectivity index (χ0n) is 61.4. The quantitative estimate of drug-likeness (QED) is 0.0349. The van der Waals surface area contributed by atoms with Crippen LogP contribution in [0.2, 0.25) is 0 Å². The Balaban J connectivity index is -0.000000144. The Morgan fingerprint density at radius 1 is 0.380 bits per heavy atom. The van der Waals surface area contributed by atoms with Crippen LogP contribution in [-0.2, 0) is 97.6 Å². The third kappa shape index (κ3) is 88.7. The predicted molar refractivity (Wildman–Crippen MR) is 391 cm³/mol. The second-order valence-electron chi connectivity index (χ2n) is 20.9. The van der Waals surface area contributed by atoms with Gasteiger partial charge in [-0.15, -0.1) is 0 Å². The third-order valence-electron chi connectivity index (χ3n) is 11.7. The minimum absolute atomic E-state index is 0.0115. The molecule has 0 spiro atoms. The molecule has 0 aliphatic heterocycles. The van der Waals surface area contributed by atoms with Gasteiger partial charge in [-0.05, 0) is 46.1 Å². The van der Waals surface area contributed by atoms with Crippen molar-refractivity contribution in [3.8, 4) is 0 Å². The van der Waals surface area contributed by atoms with E-state index in [9.17, 15) is 46.0 Å². The summed E-state index contributed by atoms with van der Waals surface area (Å²) in [5.74, 6) is 0. The lowest BCUT2D eigenvalue weighted by Crippen LogP contribution is -2.06. The summed E-state index contributed by atoms with van der Waals surface area (Å²) in [6.07, 6.45) is 8.68. The monoisotopic (exact) mass is 1510 g/mol. The van der Waals surface area contributed by atoms with Gasteiger partial charge < -0.3 is 70.6 Å². The molecule has 0 bridgehead atoms. The fourth-order valence-corrected chi connectivity index (χ4v) is 12.4. The molecule has 562 valence electrons. The molecule has 9 unspecified atom stereocenters. The molecule has 0 aliphatic rings. The van der Waals surface area contributed by atoms with Crippen molar-refractivity contribution in [3.63, 3.8) is 0 Å². The van der Waals surface area contributed by atoms with Gasteiger partial charge in [0.05, 0.1) is 98.6 Å². The van der Waals surface area contributed by atoms with Crippen molar-refractivity contribution in [3.05, 3.63) is 35.9 Å². The van der Waals surface area contributed by atoms with Gasteiger partial charge in [0.25, 0.3) is 0 Å². The maximum Gasteiger partial charge on any atom is 0.205 e. The molecule has 0 radical (unpaired) electrons. The Labute approximate surface area is 561 Å². The highest BCUT2D eigenvalue weighted by atomic mass is 31.2. The van der Waals surface area contributed by atoms with E-state index in [1.54, 1.807) is 67.6 Å². The number of aliphatic hydroxyl groups is 3. The number of ether oxygens (including phenoxy) is 3. The van der Waals surface area contributed by atoms with Crippen molar-refractivity contribution in [2.24, 2.45) is 0 Å². The molecule has 92 heavy (non-hydrogen) atoms. The normalized spacial score (nSPS) is 16.6. The van der Waals surface area contributed by atoms with Gasteiger partial charge in [-0.25, -0.2) is 0 Å². The van der Waals surface area contributed by atoms with E-state index in [1.165, 1.54) is 0 Å². The summed E-state index contributed by atoms with van der Waals surface area (Å²) in [6.45, 7) is 45.2. The summed E-state index contributed by atoms with van der Waals surface area (Å²) in [6, 6.07) is 9.41. The van der Waals surface area contributed by atoms with E-state index in [-0.39, 0.29) is 38.7 Å². The van der Waals surface area contributed by atoms with Crippen molar-refractivity contribution in [2.75, 3.05) is 214 Å². The molecule has 24 nitrogen and oxygen atoms in total. The average Bonchev–Trinajstić information content (AvgIpc) is 2.15. The third-order valence-corrected chi connectivity index (χ3v) is 29.4. The first-order valence-corrected chi connectivity index (χ1v) is 51.9. The zero-order chi connectivity index (χ0) is 73.5. The lowest BCUT2D eigenvalue weighted by atomic mass is 10.2. The number of rotatable bonds is 42. The minimum atomic E-state index is -2.90. The standard InChI is InChI=1S/C9H13O2P.C7H17O4P.C7H17O3P.C7H17O2P.C6H15O4P.C6H15O3P.2C6H15O2P.C5H13O2P/c1-2-12(10,11)8-9-6-4-3-5-7-9;1-3-12(2,9)11-7-6-10-5-4-8;1-4-9-6-7-10-11(3,8)5-2;1-4-6-7-9-10(3,8)5-2;1-2-11(9,6-4-8)10-5-3-7;1-4-10(3,7)9-6-5-8-2;1-5-9(4,7)8-6(2)3;1-4-6-8-9(3,7)5-2;1-4-7-8(3,6)5-2/h3-7H,2,8H2,1H3,(H,10,11);8H,3-7H2,1-2H3;4-7H2,1-3H3;4-7H2,1-3H3;7-8H,2-6H2,1H3;4-6H2,1-3H3;6H,5H2,1-4H3;4-6H2,1-3H3;4-5H2,1-3H3. The highest BCUT2D eigenvalue weighted by Gasteiger charge is 2.20. The first-order chi connectivity index (χ1) is 42.5. The van der Waals surface area contributed by atoms with Crippen LogP contribution in [0.4, 0.5) is 0 Å². The first-order valence-electron chi connectivity index (χ1n) is 32.1. The topological polar surface area (TPSA) is 336 Å². The number of hydrogen-bond acceptors (Lipinski definition) is 23. The second-order valence-corrected chi connectivity index (χ2v) is 46.9. The SMILES string of the molecule is CCCCOP(C)(=O)CC.CCCOP(C)(=O)CC.CCOCCOP(C)(=O)CC.CCOP(C)(=O)CC.CCP(=O)(CCO)OCCO.CCP(=O)(O)Cc1ccccc1.CCP(C)(=O)OC(C)C.CCP(C)(=O)OCCOC.CCP(C)(=O)OCCOCCO. The van der Waals surface area contributed by atoms with E-state index in [1.807, 2.05) is 113 Å². The molecule has 0 saturated heterocycles. The molecule has 1 aromatic carbocycles. The van der Waals surface area contributed by atoms with Crippen LogP contribution in [0.3, 0.4) is 0 Å². The van der Waals surface area contributed by atoms with Gasteiger partial charge >= 0.3 is 0 Å². The molecule has 1 aromatic rings. The molecule has 33 heteroatoms. The maximum atomic E-state index is 11.4. The number of aliphatic hydroxyl groups excluding tert-OH is 3. The van der Waals surface area contributed by atoms with E-state index in [4.69, 9.17) is 65.7 Å². The predicted octanol–water partition coefficient (Wildman–Crippen LogP) is 16.6. The summed E-state index contributed by atoms with van der Waals surface area (Å²) in [7, 11) is -19.7. The molecular formula is C59H137O24P9. The fraction of sp³-hybridized carbons (Fsp3) is 0.898. The van der Waals surface area contributed by atoms with E-state index >= 15 is 0 Å². The van der Waals surface area contributed by atoms with Gasteiger partial charge in [0.15, 0.2) is 51.6 Å². The molecule has 0 aliphatic carbocycles. The van der Waals surface area contributed by atoms with Crippen molar-refractivity contribution >= 4 is 66.3 Å². The van der Waals surface area contributed by atoms with Crippen LogP contribution in [-0.4, -0.2) is 241 Å². The van der Waals surface area contributed by atoms with Gasteiger partial charge in [-0.1, -0.05) is 113 Å². The lowest BCUT2D eigenvalue weighted by Gasteiger charge is -2.14. The van der Waals surface area contributed by atoms with Crippen molar-refractivity contribution in [2.45, 2.75) is 135 Å². The highest BCUT2D eigenvalue weighted by Crippen LogP contribution is 2.47. The summed E-state index contributed by atoms with van der Waals surface area (Å²) in [5.41, 5.74) is 0.935. The van der Waals surface area contributed by atoms with Crippen molar-refractivity contribution in [1.82, 2.24) is 0 Å². The van der Waals surface area contributed by atoms with Crippen LogP contribution < -0.4 is 0 Å². The Bertz CT molecular complexity index is 2200. The Hall–Kier alpha value is 0.690. The molecule has 9 atom stereocenters. The van der Waals surface area contributed by atoms with Crippen LogP contribution in [0.5, 0.6) is 0 Å². The van der Waals surface area contributed by atoms with E-state index in [0.29, 0.717) is 134 Å². The molecule has 0 amide bonds. The highest BCUT2D eigenvalue weighted by molar-refractivity contribution is 7.60. The zero-order valence-corrected chi connectivity index (χ0v) is 69.5. The van der Waals surface area contributed by atoms with Crippen molar-refractivity contribution in [1.29, 1.82) is 0 Å². The van der Waals surface area contributed by atoms with Crippen LogP contribution in [0.25, 0.3) is 0 Å². The minimum Gasteiger partial charge on any atom is -0.396 e. The van der Waals surface area contributed by atoms with E-state index < -0.39 is 66.3 Å². The van der Waals surface area contributed by atoms with Gasteiger partial charge in [0.2, 0.25) is 14.7 Å². The van der Waals surface area contributed by atoms with E-state index in [0.717, 1.165) is 24.8 Å². The Morgan fingerprint density at radius 3 is 1.05 bits per heavy atom. The molecule has 0 saturated carbocycles. The summed E-state index contributed by atoms with van der Waals surface area (Å²) in [5, 5.41) is 25.3. The second kappa shape index (κ2) is 67.5. The largest absolute Gasteiger partial charge is 0.396 e. The van der Waals surface area contributed by atoms with Gasteiger partial charge in [-0.3, -0.25) is 41.1 Å². The Kier molecular flexibility index (Phi) is 79.7. The number of hydrogen-bond donors (Lipinski definition) is 4. The number of methoxy groups -OCH3 is 1. The fourth-order valence-electron chi connectivity index (χ4n) is 4.88. The van der Waals surface area contributed by atoms with Crippen LogP contribution in [0.1, 0.15) is 129 Å². The molecule has 0 heterocycles. The number of benzene rings is 1. The molecule has 0 fully saturated rings. The molecular weight excluding hydrogens is 1370 g/mol. The van der Waals surface area contributed by atoms with Gasteiger partial charge in [0, 0.05) is 128 Å². The molecule has 1 rings (SSSR count). The Morgan fingerprint density at radius 2 is 0.761 bits per heavy atom. The summed E-state index contributed by atoms with van der Waals surface area (Å²) in [4.78, 5) is 9.33. The lowest BCUT2D eigenvalue weighted by molar-refractivity contribution is 0.0713. The number of unbranched alkanes of at least 4 members (excludes halogenated alkanes) is 1. The summed E-state index contributed by atoms with van der Waals surface area (Å²) >= 11 is 0. The molecule has 0 aromatic heterocycles. The summed E-state index contributed by atoms with van der Waals surface area (Å²) < 4.78 is 156. The smallest absolute Gasteiger partial charge is 0.205 e. The van der Waals surface area contributed by atoms with Crippen LogP contribution >= 0.6 is 66.3 Å². The van der Waals surface area contributed by atoms with Gasteiger partial charge in [-0.2, -0.15) is 0 Å². The van der Waals surface area contributed by atoms with E-state index in [2.05, 4.69) is 6.92 Å².